The Hall–Kier alpha value is -3.39. The molecule has 3 aromatic rings. The molecule has 0 fully saturated rings. The van der Waals surface area contributed by atoms with E-state index in [0.29, 0.717) is 11.4 Å². The number of aromatic nitrogens is 1. The number of amides is 1. The first-order valence-corrected chi connectivity index (χ1v) is 9.98. The number of carbonyl (C=O) groups excluding carboxylic acids is 1. The molecule has 0 atom stereocenters. The van der Waals surface area contributed by atoms with Gasteiger partial charge in [0, 0.05) is 11.4 Å². The lowest BCUT2D eigenvalue weighted by atomic mass is 10.3. The highest BCUT2D eigenvalue weighted by Crippen LogP contribution is 2.13. The first-order valence-electron chi connectivity index (χ1n) is 8.50. The SMILES string of the molecule is Cc1ccc(NS(=O)(=O)c2ccccc2)c(=O)n1CC(=O)Nc1ccccc1. The summed E-state index contributed by atoms with van der Waals surface area (Å²) in [6.07, 6.45) is 0. The lowest BCUT2D eigenvalue weighted by Crippen LogP contribution is -2.31. The van der Waals surface area contributed by atoms with Crippen LogP contribution in [0.4, 0.5) is 11.4 Å². The van der Waals surface area contributed by atoms with Crippen LogP contribution in [-0.2, 0) is 21.4 Å². The Morgan fingerprint density at radius 2 is 1.54 bits per heavy atom. The minimum Gasteiger partial charge on any atom is -0.325 e. The summed E-state index contributed by atoms with van der Waals surface area (Å²) in [7, 11) is -3.91. The molecule has 0 radical (unpaired) electrons. The van der Waals surface area contributed by atoms with Crippen LogP contribution < -0.4 is 15.6 Å². The van der Waals surface area contributed by atoms with Gasteiger partial charge in [-0.2, -0.15) is 0 Å². The highest BCUT2D eigenvalue weighted by atomic mass is 32.2. The Bertz CT molecular complexity index is 1140. The maximum Gasteiger partial charge on any atom is 0.275 e. The van der Waals surface area contributed by atoms with Crippen LogP contribution in [0.2, 0.25) is 0 Å². The Kier molecular flexibility index (Phi) is 5.60. The highest BCUT2D eigenvalue weighted by Gasteiger charge is 2.17. The molecule has 0 aliphatic heterocycles. The number of aryl methyl sites for hydroxylation is 1. The van der Waals surface area contributed by atoms with E-state index in [4.69, 9.17) is 0 Å². The third-order valence-corrected chi connectivity index (χ3v) is 5.43. The molecule has 1 heterocycles. The van der Waals surface area contributed by atoms with Crippen molar-refractivity contribution in [3.8, 4) is 0 Å². The molecular weight excluding hydrogens is 378 g/mol. The third kappa shape index (κ3) is 4.47. The lowest BCUT2D eigenvalue weighted by Gasteiger charge is -2.13. The molecule has 8 heteroatoms. The number of para-hydroxylation sites is 1. The monoisotopic (exact) mass is 397 g/mol. The smallest absolute Gasteiger partial charge is 0.275 e. The van der Waals surface area contributed by atoms with Gasteiger partial charge in [0.05, 0.1) is 4.90 Å². The van der Waals surface area contributed by atoms with E-state index < -0.39 is 15.6 Å². The number of nitrogens with one attached hydrogen (secondary N) is 2. The first-order chi connectivity index (χ1) is 13.4. The Morgan fingerprint density at radius 3 is 2.18 bits per heavy atom. The van der Waals surface area contributed by atoms with Gasteiger partial charge in [0.15, 0.2) is 0 Å². The van der Waals surface area contributed by atoms with Gasteiger partial charge in [0.1, 0.15) is 12.2 Å². The first kappa shape index (κ1) is 19.4. The van der Waals surface area contributed by atoms with E-state index >= 15 is 0 Å². The van der Waals surface area contributed by atoms with Gasteiger partial charge in [-0.15, -0.1) is 0 Å². The molecule has 144 valence electrons. The van der Waals surface area contributed by atoms with Crippen LogP contribution >= 0.6 is 0 Å². The van der Waals surface area contributed by atoms with E-state index in [2.05, 4.69) is 10.0 Å². The standard InChI is InChI=1S/C20H19N3O4S/c1-15-12-13-18(22-28(26,27)17-10-6-3-7-11-17)20(25)23(15)14-19(24)21-16-8-4-2-5-9-16/h2-13,22H,14H2,1H3,(H,21,24). The molecule has 0 saturated carbocycles. The summed E-state index contributed by atoms with van der Waals surface area (Å²) in [5.41, 5.74) is 0.430. The minimum absolute atomic E-state index is 0.0448. The van der Waals surface area contributed by atoms with Gasteiger partial charge in [-0.1, -0.05) is 36.4 Å². The predicted octanol–water partition coefficient (Wildman–Crippen LogP) is 2.60. The molecule has 2 N–H and O–H groups in total. The summed E-state index contributed by atoms with van der Waals surface area (Å²) in [6.45, 7) is 1.44. The largest absolute Gasteiger partial charge is 0.325 e. The number of pyridine rings is 1. The van der Waals surface area contributed by atoms with Crippen molar-refractivity contribution in [3.05, 3.63) is 88.8 Å². The van der Waals surface area contributed by atoms with Gasteiger partial charge >= 0.3 is 0 Å². The second-order valence-electron chi connectivity index (χ2n) is 6.11. The number of sulfonamides is 1. The minimum atomic E-state index is -3.91. The summed E-state index contributed by atoms with van der Waals surface area (Å²) < 4.78 is 28.5. The van der Waals surface area contributed by atoms with Crippen molar-refractivity contribution in [2.75, 3.05) is 10.0 Å². The zero-order valence-electron chi connectivity index (χ0n) is 15.1. The van der Waals surface area contributed by atoms with E-state index in [0.717, 1.165) is 0 Å². The summed E-state index contributed by atoms with van der Waals surface area (Å²) in [4.78, 5) is 25.1. The Labute approximate surface area is 162 Å². The van der Waals surface area contributed by atoms with Gasteiger partial charge in [-0.25, -0.2) is 8.42 Å². The summed E-state index contributed by atoms with van der Waals surface area (Å²) in [5, 5.41) is 2.70. The zero-order chi connectivity index (χ0) is 20.1. The van der Waals surface area contributed by atoms with Crippen molar-refractivity contribution < 1.29 is 13.2 Å². The highest BCUT2D eigenvalue weighted by molar-refractivity contribution is 7.92. The molecule has 0 spiro atoms. The van der Waals surface area contributed by atoms with E-state index in [1.54, 1.807) is 55.5 Å². The van der Waals surface area contributed by atoms with Crippen molar-refractivity contribution in [2.45, 2.75) is 18.4 Å². The predicted molar refractivity (Wildman–Crippen MR) is 108 cm³/mol. The normalized spacial score (nSPS) is 11.0. The molecule has 1 aromatic heterocycles. The average molecular weight is 397 g/mol. The van der Waals surface area contributed by atoms with Crippen molar-refractivity contribution in [1.29, 1.82) is 0 Å². The lowest BCUT2D eigenvalue weighted by molar-refractivity contribution is -0.116. The Morgan fingerprint density at radius 1 is 0.929 bits per heavy atom. The molecular formula is C20H19N3O4S. The quantitative estimate of drug-likeness (QED) is 0.668. The van der Waals surface area contributed by atoms with Crippen molar-refractivity contribution in [2.24, 2.45) is 0 Å². The molecule has 0 aliphatic carbocycles. The van der Waals surface area contributed by atoms with Crippen LogP contribution in [0, 0.1) is 6.92 Å². The number of rotatable bonds is 6. The zero-order valence-corrected chi connectivity index (χ0v) is 15.9. The van der Waals surface area contributed by atoms with Gasteiger partial charge in [-0.05, 0) is 43.3 Å². The molecule has 1 amide bonds. The van der Waals surface area contributed by atoms with Gasteiger partial charge < -0.3 is 9.88 Å². The average Bonchev–Trinajstić information content (AvgIpc) is 2.69. The van der Waals surface area contributed by atoms with Crippen molar-refractivity contribution in [3.63, 3.8) is 0 Å². The van der Waals surface area contributed by atoms with Crippen LogP contribution in [0.3, 0.4) is 0 Å². The fourth-order valence-corrected chi connectivity index (χ4v) is 3.69. The van der Waals surface area contributed by atoms with E-state index in [1.807, 2.05) is 6.07 Å². The van der Waals surface area contributed by atoms with Gasteiger partial charge in [0.25, 0.3) is 15.6 Å². The maximum absolute atomic E-state index is 12.7. The molecule has 0 unspecified atom stereocenters. The third-order valence-electron chi connectivity index (χ3n) is 4.05. The number of nitrogens with zero attached hydrogens (tertiary/aromatic N) is 1. The topological polar surface area (TPSA) is 97.3 Å². The molecule has 3 rings (SSSR count). The number of hydrogen-bond donors (Lipinski definition) is 2. The van der Waals surface area contributed by atoms with Crippen LogP contribution in [0.5, 0.6) is 0 Å². The van der Waals surface area contributed by atoms with E-state index in [9.17, 15) is 18.0 Å². The van der Waals surface area contributed by atoms with Crippen molar-refractivity contribution >= 4 is 27.3 Å². The van der Waals surface area contributed by atoms with Crippen LogP contribution in [-0.4, -0.2) is 18.9 Å². The molecule has 28 heavy (non-hydrogen) atoms. The fourth-order valence-electron chi connectivity index (χ4n) is 2.61. The van der Waals surface area contributed by atoms with Crippen LogP contribution in [0.1, 0.15) is 5.69 Å². The summed E-state index contributed by atoms with van der Waals surface area (Å²) in [5.74, 6) is -0.389. The second kappa shape index (κ2) is 8.10. The van der Waals surface area contributed by atoms with Crippen LogP contribution in [0.25, 0.3) is 0 Å². The number of benzene rings is 2. The molecule has 2 aromatic carbocycles. The fraction of sp³-hybridized carbons (Fsp3) is 0.100. The molecule has 0 bridgehead atoms. The van der Waals surface area contributed by atoms with E-state index in [1.165, 1.54) is 22.8 Å². The number of anilines is 2. The summed E-state index contributed by atoms with van der Waals surface area (Å²) in [6, 6.07) is 19.6. The molecule has 7 nitrogen and oxygen atoms in total. The summed E-state index contributed by atoms with van der Waals surface area (Å²) >= 11 is 0. The number of hydrogen-bond acceptors (Lipinski definition) is 4. The molecule has 0 aliphatic rings. The van der Waals surface area contributed by atoms with Gasteiger partial charge in [-0.3, -0.25) is 14.3 Å². The maximum atomic E-state index is 12.7. The number of carbonyl (C=O) groups is 1. The van der Waals surface area contributed by atoms with Crippen LogP contribution in [0.15, 0.2) is 82.5 Å². The second-order valence-corrected chi connectivity index (χ2v) is 7.79. The van der Waals surface area contributed by atoms with Gasteiger partial charge in [0.2, 0.25) is 5.91 Å². The Balaban J connectivity index is 1.84. The van der Waals surface area contributed by atoms with E-state index in [-0.39, 0.29) is 23.0 Å². The van der Waals surface area contributed by atoms with Crippen molar-refractivity contribution in [1.82, 2.24) is 4.57 Å². The molecule has 0 saturated heterocycles.